The molecule has 15 nitrogen and oxygen atoms in total. The van der Waals surface area contributed by atoms with E-state index < -0.39 is 111 Å². The number of benzene rings is 3. The summed E-state index contributed by atoms with van der Waals surface area (Å²) in [5, 5.41) is 0. The van der Waals surface area contributed by atoms with E-state index in [0.29, 0.717) is 22.3 Å². The molecule has 3 aromatic carbocycles. The SMILES string of the molecule is CC(C)C(C(=O)OC(N)=O)N1CCC2(C(N)=O)c3ccc(cc3)[C@]12C1CC(C)[C@@](C)([C@]23c4ccc(cc4)C2(C(N)=O)CCN3C(C(=O)OC(N)=O)C(C)C)N1c1ccc(C(F)(F)F)cc1. The molecule has 3 saturated heterocycles. The Labute approximate surface area is 373 Å². The fourth-order valence-electron chi connectivity index (χ4n) is 13.8. The van der Waals surface area contributed by atoms with Gasteiger partial charge in [0.1, 0.15) is 12.1 Å². The highest BCUT2D eigenvalue weighted by Gasteiger charge is 2.81. The Balaban J connectivity index is 1.51. The summed E-state index contributed by atoms with van der Waals surface area (Å²) in [7, 11) is 0. The van der Waals surface area contributed by atoms with Crippen molar-refractivity contribution in [2.24, 2.45) is 40.7 Å². The minimum atomic E-state index is -4.73. The van der Waals surface area contributed by atoms with Crippen LogP contribution in [0.25, 0.3) is 0 Å². The maximum atomic E-state index is 14.8. The number of likely N-dealkylation sites (tertiary alicyclic amines) is 2. The van der Waals surface area contributed by atoms with Crippen molar-refractivity contribution in [3.8, 4) is 0 Å². The van der Waals surface area contributed by atoms with Gasteiger partial charge >= 0.3 is 30.3 Å². The molecule has 4 amide bonds. The first-order valence-electron chi connectivity index (χ1n) is 21.8. The van der Waals surface area contributed by atoms with E-state index in [4.69, 9.17) is 32.4 Å². The standard InChI is InChI=1S/C47H54F3N7O8/c1-24(2)34(36(58)64-40(53)62)55-21-19-43(38(51)60)27-7-11-29(12-8-27)45(43,55)33-23-26(5)42(6,57(33)32-17-15-31(16-18-32)47(48,49)50)46-30-13-9-28(10-14-30)44(46,39(52)61)20-22-56(46)35(25(3)4)37(59)65-41(54)63/h7-18,24-26,33-35H,19-23H2,1-6H3,(H2,51,60)(H2,52,61)(H2,53,62)(H2,54,63)/t26?,33?,34?,35?,42-,43?,44?,45+,46+/m0/s1. The third kappa shape index (κ3) is 5.67. The lowest BCUT2D eigenvalue weighted by Crippen LogP contribution is -2.79. The average Bonchev–Trinajstić information content (AvgIpc) is 3.88. The Bertz CT molecular complexity index is 2490. The number of nitrogens with two attached hydrogens (primary N) is 4. The van der Waals surface area contributed by atoms with Crippen LogP contribution >= 0.6 is 0 Å². The van der Waals surface area contributed by atoms with Crippen molar-refractivity contribution in [2.75, 3.05) is 18.0 Å². The predicted molar refractivity (Wildman–Crippen MR) is 229 cm³/mol. The van der Waals surface area contributed by atoms with Gasteiger partial charge in [0.05, 0.1) is 39.1 Å². The highest BCUT2D eigenvalue weighted by molar-refractivity contribution is 5.95. The second-order valence-electron chi connectivity index (χ2n) is 19.1. The fourth-order valence-corrected chi connectivity index (χ4v) is 13.8. The number of primary amides is 4. The van der Waals surface area contributed by atoms with Crippen LogP contribution in [0.2, 0.25) is 0 Å². The molecule has 0 aromatic heterocycles. The monoisotopic (exact) mass is 901 g/mol. The first-order chi connectivity index (χ1) is 30.4. The van der Waals surface area contributed by atoms with Gasteiger partial charge in [-0.15, -0.1) is 0 Å². The molecule has 10 rings (SSSR count). The van der Waals surface area contributed by atoms with Crippen molar-refractivity contribution in [3.63, 3.8) is 0 Å². The zero-order valence-electron chi connectivity index (χ0n) is 37.0. The van der Waals surface area contributed by atoms with Gasteiger partial charge in [0, 0.05) is 18.8 Å². The second-order valence-corrected chi connectivity index (χ2v) is 19.1. The first kappa shape index (κ1) is 45.6. The van der Waals surface area contributed by atoms with Crippen LogP contribution < -0.4 is 27.8 Å². The van der Waals surface area contributed by atoms with Gasteiger partial charge in [-0.25, -0.2) is 19.2 Å². The molecule has 3 fully saturated rings. The molecular weight excluding hydrogens is 848 g/mol. The maximum absolute atomic E-state index is 14.8. The Morgan fingerprint density at radius 2 is 1.08 bits per heavy atom. The quantitative estimate of drug-likeness (QED) is 0.153. The summed E-state index contributed by atoms with van der Waals surface area (Å²) in [6, 6.07) is 15.7. The number of halogens is 3. The highest BCUT2D eigenvalue weighted by Crippen LogP contribution is 2.71. The normalized spacial score (nSPS) is 31.2. The Morgan fingerprint density at radius 1 is 0.646 bits per heavy atom. The number of carbonyl (C=O) groups excluding carboxylic acids is 6. The third-order valence-electron chi connectivity index (χ3n) is 15.9. The van der Waals surface area contributed by atoms with E-state index in [0.717, 1.165) is 12.1 Å². The van der Waals surface area contributed by atoms with E-state index in [2.05, 4.69) is 0 Å². The molecule has 346 valence electrons. The molecule has 3 aromatic rings. The Hall–Kier alpha value is -6.01. The van der Waals surface area contributed by atoms with Crippen molar-refractivity contribution in [1.29, 1.82) is 0 Å². The summed E-state index contributed by atoms with van der Waals surface area (Å²) in [5.74, 6) is -5.18. The largest absolute Gasteiger partial charge is 0.416 e. The van der Waals surface area contributed by atoms with Crippen LogP contribution in [-0.2, 0) is 56.7 Å². The molecular formula is C47H54F3N7O8. The topological polar surface area (TPSA) is 235 Å². The summed E-state index contributed by atoms with van der Waals surface area (Å²) in [4.78, 5) is 88.3. The smallest absolute Gasteiger partial charge is 0.375 e. The van der Waals surface area contributed by atoms with E-state index in [1.807, 2.05) is 52.8 Å². The van der Waals surface area contributed by atoms with E-state index in [-0.39, 0.29) is 38.0 Å². The molecule has 0 radical (unpaired) electrons. The number of nitrogens with zero attached hydrogens (tertiary/aromatic N) is 3. The summed E-state index contributed by atoms with van der Waals surface area (Å²) in [5.41, 5.74) is 17.7. The van der Waals surface area contributed by atoms with Crippen LogP contribution in [0, 0.1) is 17.8 Å². The van der Waals surface area contributed by atoms with Gasteiger partial charge in [-0.2, -0.15) is 13.2 Å². The van der Waals surface area contributed by atoms with Crippen molar-refractivity contribution in [2.45, 2.75) is 113 Å². The highest BCUT2D eigenvalue weighted by atomic mass is 19.4. The number of anilines is 1. The number of alkyl halides is 3. The predicted octanol–water partition coefficient (Wildman–Crippen LogP) is 4.65. The zero-order valence-corrected chi connectivity index (χ0v) is 37.0. The summed E-state index contributed by atoms with van der Waals surface area (Å²) in [6.45, 7) is 11.0. The van der Waals surface area contributed by atoms with E-state index in [9.17, 15) is 41.9 Å². The molecule has 4 bridgehead atoms. The van der Waals surface area contributed by atoms with Crippen LogP contribution in [0.15, 0.2) is 72.8 Å². The lowest BCUT2D eigenvalue weighted by Gasteiger charge is -2.66. The van der Waals surface area contributed by atoms with Gasteiger partial charge in [0.2, 0.25) is 11.8 Å². The Kier molecular flexibility index (Phi) is 10.5. The van der Waals surface area contributed by atoms with E-state index in [1.54, 1.807) is 52.0 Å². The number of hydrogen-bond acceptors (Lipinski definition) is 11. The van der Waals surface area contributed by atoms with Crippen molar-refractivity contribution < 1.29 is 51.4 Å². The number of hydrogen-bond donors (Lipinski definition) is 4. The molecule has 18 heteroatoms. The molecule has 4 aliphatic carbocycles. The van der Waals surface area contributed by atoms with Crippen LogP contribution in [-0.4, -0.2) is 82.5 Å². The molecule has 3 heterocycles. The van der Waals surface area contributed by atoms with Crippen LogP contribution in [0.4, 0.5) is 28.4 Å². The lowest BCUT2D eigenvalue weighted by atomic mass is 9.49. The number of rotatable bonds is 11. The van der Waals surface area contributed by atoms with E-state index in [1.165, 1.54) is 12.1 Å². The molecule has 7 aliphatic rings. The second kappa shape index (κ2) is 15.0. The number of amides is 4. The summed E-state index contributed by atoms with van der Waals surface area (Å²) < 4.78 is 53.6. The van der Waals surface area contributed by atoms with Crippen molar-refractivity contribution in [3.05, 3.63) is 101 Å². The van der Waals surface area contributed by atoms with Crippen LogP contribution in [0.5, 0.6) is 0 Å². The first-order valence-corrected chi connectivity index (χ1v) is 21.8. The van der Waals surface area contributed by atoms with Gasteiger partial charge < -0.3 is 37.3 Å². The van der Waals surface area contributed by atoms with Gasteiger partial charge in [0.25, 0.3) is 0 Å². The van der Waals surface area contributed by atoms with Gasteiger partial charge in [-0.1, -0.05) is 83.1 Å². The fraction of sp³-hybridized carbons (Fsp3) is 0.489. The van der Waals surface area contributed by atoms with E-state index >= 15 is 0 Å². The summed E-state index contributed by atoms with van der Waals surface area (Å²) >= 11 is 0. The third-order valence-corrected chi connectivity index (χ3v) is 15.9. The minimum Gasteiger partial charge on any atom is -0.375 e. The molecule has 3 aliphatic heterocycles. The van der Waals surface area contributed by atoms with Crippen molar-refractivity contribution >= 4 is 41.6 Å². The van der Waals surface area contributed by atoms with Crippen LogP contribution in [0.3, 0.4) is 0 Å². The lowest BCUT2D eigenvalue weighted by molar-refractivity contribution is -0.154. The molecule has 8 N–H and O–H groups in total. The molecule has 6 unspecified atom stereocenters. The van der Waals surface area contributed by atoms with Crippen molar-refractivity contribution in [1.82, 2.24) is 9.80 Å². The molecule has 9 atom stereocenters. The number of fused-ring (bicyclic) bond motifs is 4. The number of esters is 2. The summed E-state index contributed by atoms with van der Waals surface area (Å²) in [6.07, 6.45) is -7.09. The Morgan fingerprint density at radius 3 is 1.54 bits per heavy atom. The van der Waals surface area contributed by atoms with Gasteiger partial charge in [-0.3, -0.25) is 19.4 Å². The number of ether oxygens (including phenoxy) is 2. The molecule has 0 saturated carbocycles. The molecule has 65 heavy (non-hydrogen) atoms. The van der Waals surface area contributed by atoms with Gasteiger partial charge in [0.15, 0.2) is 0 Å². The number of carbonyl (C=O) groups is 6. The zero-order chi connectivity index (χ0) is 47.6. The minimum absolute atomic E-state index is 0.0570. The maximum Gasteiger partial charge on any atom is 0.416 e. The van der Waals surface area contributed by atoms with Gasteiger partial charge in [-0.05, 0) is 90.5 Å². The average molecular weight is 902 g/mol. The van der Waals surface area contributed by atoms with Crippen LogP contribution in [0.1, 0.15) is 88.6 Å². The molecule has 0 spiro atoms.